The minimum Gasteiger partial charge on any atom is -0.321 e. The molecule has 2 rings (SSSR count). The quantitative estimate of drug-likeness (QED) is 0.864. The zero-order chi connectivity index (χ0) is 11.5. The molecule has 0 saturated carbocycles. The zero-order valence-electron chi connectivity index (χ0n) is 9.15. The van der Waals surface area contributed by atoms with Gasteiger partial charge in [0.2, 0.25) is 0 Å². The molecule has 0 atom stereocenters. The van der Waals surface area contributed by atoms with Gasteiger partial charge in [-0.15, -0.1) is 0 Å². The third kappa shape index (κ3) is 2.28. The number of carbonyl (C=O) groups excluding carboxylic acids is 1. The molecule has 0 spiro atoms. The van der Waals surface area contributed by atoms with Crippen molar-refractivity contribution in [1.82, 2.24) is 4.37 Å². The average molecular weight is 232 g/mol. The second kappa shape index (κ2) is 4.45. The molecule has 1 aromatic carbocycles. The molecule has 0 bridgehead atoms. The number of rotatable bonds is 2. The van der Waals surface area contributed by atoms with Crippen molar-refractivity contribution in [2.45, 2.75) is 13.8 Å². The van der Waals surface area contributed by atoms with Crippen LogP contribution in [0.3, 0.4) is 0 Å². The molecule has 2 aromatic rings. The number of anilines is 1. The van der Waals surface area contributed by atoms with Crippen molar-refractivity contribution in [3.05, 3.63) is 46.5 Å². The van der Waals surface area contributed by atoms with E-state index >= 15 is 0 Å². The maximum Gasteiger partial charge on any atom is 0.267 e. The molecule has 0 saturated heterocycles. The third-order valence-electron chi connectivity index (χ3n) is 2.29. The first kappa shape index (κ1) is 10.8. The second-order valence-corrected chi connectivity index (χ2v) is 4.48. The number of hydrogen-bond acceptors (Lipinski definition) is 3. The van der Waals surface area contributed by atoms with Crippen molar-refractivity contribution in [3.63, 3.8) is 0 Å². The molecule has 0 unspecified atom stereocenters. The Hall–Kier alpha value is -1.68. The Morgan fingerprint density at radius 3 is 2.75 bits per heavy atom. The van der Waals surface area contributed by atoms with Crippen molar-refractivity contribution in [1.29, 1.82) is 0 Å². The minimum absolute atomic E-state index is 0.102. The van der Waals surface area contributed by atoms with E-state index in [1.807, 2.05) is 32.0 Å². The van der Waals surface area contributed by atoms with E-state index in [0.717, 1.165) is 11.3 Å². The lowest BCUT2D eigenvalue weighted by Gasteiger charge is -2.07. The minimum atomic E-state index is -0.102. The lowest BCUT2D eigenvalue weighted by atomic mass is 10.1. The lowest BCUT2D eigenvalue weighted by Crippen LogP contribution is -2.11. The molecule has 1 heterocycles. The summed E-state index contributed by atoms with van der Waals surface area (Å²) in [5.41, 5.74) is 3.11. The van der Waals surface area contributed by atoms with E-state index in [1.165, 1.54) is 17.1 Å². The van der Waals surface area contributed by atoms with Gasteiger partial charge in [-0.25, -0.2) is 4.37 Å². The maximum absolute atomic E-state index is 11.8. The number of hydrogen-bond donors (Lipinski definition) is 1. The summed E-state index contributed by atoms with van der Waals surface area (Å²) in [6.45, 7) is 4.01. The molecular formula is C12H12N2OS. The summed E-state index contributed by atoms with van der Waals surface area (Å²) >= 11 is 1.20. The number of amides is 1. The number of carbonyl (C=O) groups is 1. The highest BCUT2D eigenvalue weighted by molar-refractivity contribution is 7.08. The molecule has 0 fully saturated rings. The van der Waals surface area contributed by atoms with Gasteiger partial charge >= 0.3 is 0 Å². The highest BCUT2D eigenvalue weighted by Crippen LogP contribution is 2.17. The van der Waals surface area contributed by atoms with Gasteiger partial charge in [-0.3, -0.25) is 4.79 Å². The molecule has 3 nitrogen and oxygen atoms in total. The molecule has 16 heavy (non-hydrogen) atoms. The zero-order valence-corrected chi connectivity index (χ0v) is 9.97. The molecule has 0 aliphatic rings. The third-order valence-corrected chi connectivity index (χ3v) is 3.04. The van der Waals surface area contributed by atoms with Crippen molar-refractivity contribution in [2.24, 2.45) is 0 Å². The normalized spacial score (nSPS) is 10.1. The number of nitrogens with one attached hydrogen (secondary N) is 1. The summed E-state index contributed by atoms with van der Waals surface area (Å²) in [5, 5.41) is 2.87. The van der Waals surface area contributed by atoms with Crippen LogP contribution in [-0.2, 0) is 0 Å². The smallest absolute Gasteiger partial charge is 0.267 e. The van der Waals surface area contributed by atoms with Crippen LogP contribution in [0.15, 0.2) is 30.5 Å². The topological polar surface area (TPSA) is 42.0 Å². The van der Waals surface area contributed by atoms with E-state index in [-0.39, 0.29) is 5.91 Å². The Morgan fingerprint density at radius 1 is 1.31 bits per heavy atom. The Labute approximate surface area is 98.3 Å². The van der Waals surface area contributed by atoms with E-state index in [4.69, 9.17) is 0 Å². The van der Waals surface area contributed by atoms with Gasteiger partial charge in [0.15, 0.2) is 0 Å². The summed E-state index contributed by atoms with van der Waals surface area (Å²) in [7, 11) is 0. The van der Waals surface area contributed by atoms with Gasteiger partial charge in [-0.2, -0.15) is 0 Å². The Morgan fingerprint density at radius 2 is 2.12 bits per heavy atom. The van der Waals surface area contributed by atoms with Gasteiger partial charge in [-0.05, 0) is 43.1 Å². The van der Waals surface area contributed by atoms with Crippen LogP contribution in [-0.4, -0.2) is 10.3 Å². The number of aromatic nitrogens is 1. The molecule has 0 aliphatic carbocycles. The fourth-order valence-electron chi connectivity index (χ4n) is 1.47. The molecule has 4 heteroatoms. The standard InChI is InChI=1S/C12H12N2OS/c1-8-3-4-10(9(2)7-8)14-12(15)11-5-6-13-16-11/h3-7H,1-2H3,(H,14,15). The highest BCUT2D eigenvalue weighted by atomic mass is 32.1. The summed E-state index contributed by atoms with van der Waals surface area (Å²) in [6, 6.07) is 7.66. The first-order valence-electron chi connectivity index (χ1n) is 4.96. The first-order chi connectivity index (χ1) is 7.66. The molecule has 1 amide bonds. The number of aryl methyl sites for hydroxylation is 2. The van der Waals surface area contributed by atoms with Crippen molar-refractivity contribution >= 4 is 23.1 Å². The van der Waals surface area contributed by atoms with Crippen LogP contribution in [0.1, 0.15) is 20.8 Å². The van der Waals surface area contributed by atoms with Gasteiger partial charge in [0, 0.05) is 11.9 Å². The average Bonchev–Trinajstić information content (AvgIpc) is 2.75. The van der Waals surface area contributed by atoms with E-state index < -0.39 is 0 Å². The van der Waals surface area contributed by atoms with Gasteiger partial charge in [0.05, 0.1) is 0 Å². The van der Waals surface area contributed by atoms with Gasteiger partial charge in [-0.1, -0.05) is 17.7 Å². The van der Waals surface area contributed by atoms with Crippen molar-refractivity contribution < 1.29 is 4.79 Å². The fourth-order valence-corrected chi connectivity index (χ4v) is 1.96. The monoisotopic (exact) mass is 232 g/mol. The SMILES string of the molecule is Cc1ccc(NC(=O)c2ccns2)c(C)c1. The summed E-state index contributed by atoms with van der Waals surface area (Å²) < 4.78 is 3.90. The van der Waals surface area contributed by atoms with Crippen LogP contribution in [0.5, 0.6) is 0 Å². The van der Waals surface area contributed by atoms with Crippen LogP contribution in [0.4, 0.5) is 5.69 Å². The Balaban J connectivity index is 2.18. The van der Waals surface area contributed by atoms with Crippen LogP contribution in [0.25, 0.3) is 0 Å². The van der Waals surface area contributed by atoms with E-state index in [2.05, 4.69) is 9.69 Å². The van der Waals surface area contributed by atoms with Crippen LogP contribution in [0.2, 0.25) is 0 Å². The number of nitrogens with zero attached hydrogens (tertiary/aromatic N) is 1. The lowest BCUT2D eigenvalue weighted by molar-refractivity contribution is 0.103. The molecule has 0 aliphatic heterocycles. The van der Waals surface area contributed by atoms with Gasteiger partial charge in [0.1, 0.15) is 4.88 Å². The van der Waals surface area contributed by atoms with Gasteiger partial charge in [0.25, 0.3) is 5.91 Å². The van der Waals surface area contributed by atoms with Crippen LogP contribution < -0.4 is 5.32 Å². The first-order valence-corrected chi connectivity index (χ1v) is 5.73. The van der Waals surface area contributed by atoms with E-state index in [1.54, 1.807) is 12.3 Å². The summed E-state index contributed by atoms with van der Waals surface area (Å²) in [6.07, 6.45) is 1.63. The summed E-state index contributed by atoms with van der Waals surface area (Å²) in [4.78, 5) is 12.4. The molecule has 1 aromatic heterocycles. The van der Waals surface area contributed by atoms with Crippen LogP contribution in [0, 0.1) is 13.8 Å². The predicted molar refractivity (Wildman–Crippen MR) is 66.0 cm³/mol. The van der Waals surface area contributed by atoms with Crippen molar-refractivity contribution in [2.75, 3.05) is 5.32 Å². The summed E-state index contributed by atoms with van der Waals surface area (Å²) in [5.74, 6) is -0.102. The number of benzene rings is 1. The van der Waals surface area contributed by atoms with Gasteiger partial charge < -0.3 is 5.32 Å². The highest BCUT2D eigenvalue weighted by Gasteiger charge is 2.08. The van der Waals surface area contributed by atoms with Crippen molar-refractivity contribution in [3.8, 4) is 0 Å². The van der Waals surface area contributed by atoms with E-state index in [9.17, 15) is 4.79 Å². The largest absolute Gasteiger partial charge is 0.321 e. The molecule has 0 radical (unpaired) electrons. The fraction of sp³-hybridized carbons (Fsp3) is 0.167. The van der Waals surface area contributed by atoms with E-state index in [0.29, 0.717) is 4.88 Å². The Kier molecular flexibility index (Phi) is 3.01. The molecular weight excluding hydrogens is 220 g/mol. The molecule has 1 N–H and O–H groups in total. The second-order valence-electron chi connectivity index (χ2n) is 3.65. The van der Waals surface area contributed by atoms with Crippen LogP contribution >= 0.6 is 11.5 Å². The predicted octanol–water partition coefficient (Wildman–Crippen LogP) is 3.01. The molecule has 82 valence electrons. The Bertz CT molecular complexity index is 506. The maximum atomic E-state index is 11.8.